The topological polar surface area (TPSA) is 9.23 Å². The van der Waals surface area contributed by atoms with E-state index in [2.05, 4.69) is 49.4 Å². The lowest BCUT2D eigenvalue weighted by atomic mass is 10.0. The van der Waals surface area contributed by atoms with Gasteiger partial charge in [0.15, 0.2) is 0 Å². The quantitative estimate of drug-likeness (QED) is 0.702. The minimum Gasteiger partial charge on any atom is -0.485 e. The number of rotatable bonds is 1. The highest BCUT2D eigenvalue weighted by atomic mass is 16.5. The summed E-state index contributed by atoms with van der Waals surface area (Å²) >= 11 is 0. The van der Waals surface area contributed by atoms with Gasteiger partial charge in [0.05, 0.1) is 0 Å². The van der Waals surface area contributed by atoms with Crippen LogP contribution in [0.4, 0.5) is 0 Å². The molecule has 0 bridgehead atoms. The lowest BCUT2D eigenvalue weighted by Gasteiger charge is -2.18. The van der Waals surface area contributed by atoms with E-state index in [0.717, 1.165) is 12.2 Å². The van der Waals surface area contributed by atoms with E-state index in [1.165, 1.54) is 16.7 Å². The van der Waals surface area contributed by atoms with Crippen LogP contribution in [-0.4, -0.2) is 0 Å². The Bertz CT molecular complexity index is 569. The van der Waals surface area contributed by atoms with Gasteiger partial charge in [0, 0.05) is 12.0 Å². The first-order chi connectivity index (χ1) is 8.83. The number of benzene rings is 2. The number of hydrogen-bond acceptors (Lipinski definition) is 1. The Hall–Kier alpha value is -2.02. The molecule has 1 aliphatic rings. The Morgan fingerprint density at radius 1 is 0.944 bits per heavy atom. The van der Waals surface area contributed by atoms with E-state index in [1.54, 1.807) is 0 Å². The van der Waals surface area contributed by atoms with Crippen LogP contribution in [0.3, 0.4) is 0 Å². The standard InChI is InChI=1S/C17H16O/c1-13-11-15-9-5-6-10-16(15)18-17(12-13)14-7-3-2-4-8-14/h2-11,17H,12H2,1H3. The third-order valence-corrected chi connectivity index (χ3v) is 3.27. The number of hydrogen-bond donors (Lipinski definition) is 0. The van der Waals surface area contributed by atoms with Gasteiger partial charge in [0.2, 0.25) is 0 Å². The molecule has 0 saturated carbocycles. The summed E-state index contributed by atoms with van der Waals surface area (Å²) in [6.07, 6.45) is 3.28. The zero-order chi connectivity index (χ0) is 12.4. The second-order valence-electron chi connectivity index (χ2n) is 4.75. The van der Waals surface area contributed by atoms with Gasteiger partial charge in [-0.3, -0.25) is 0 Å². The normalized spacial score (nSPS) is 18.3. The molecule has 0 radical (unpaired) electrons. The predicted molar refractivity (Wildman–Crippen MR) is 74.5 cm³/mol. The molecule has 1 nitrogen and oxygen atoms in total. The van der Waals surface area contributed by atoms with Gasteiger partial charge in [-0.05, 0) is 18.6 Å². The van der Waals surface area contributed by atoms with Crippen molar-refractivity contribution >= 4 is 6.08 Å². The molecule has 1 heterocycles. The monoisotopic (exact) mass is 236 g/mol. The maximum Gasteiger partial charge on any atom is 0.127 e. The molecule has 2 aromatic rings. The van der Waals surface area contributed by atoms with Crippen LogP contribution < -0.4 is 4.74 Å². The molecule has 3 rings (SSSR count). The SMILES string of the molecule is CC1=Cc2ccccc2OC(c2ccccc2)C1. The third-order valence-electron chi connectivity index (χ3n) is 3.27. The minimum absolute atomic E-state index is 0.117. The van der Waals surface area contributed by atoms with Crippen molar-refractivity contribution in [3.8, 4) is 5.75 Å². The molecule has 0 aromatic heterocycles. The third kappa shape index (κ3) is 2.17. The summed E-state index contributed by atoms with van der Waals surface area (Å²) in [7, 11) is 0. The van der Waals surface area contributed by atoms with Gasteiger partial charge in [0.1, 0.15) is 11.9 Å². The van der Waals surface area contributed by atoms with E-state index < -0.39 is 0 Å². The van der Waals surface area contributed by atoms with Crippen LogP contribution in [-0.2, 0) is 0 Å². The number of ether oxygens (including phenoxy) is 1. The summed E-state index contributed by atoms with van der Waals surface area (Å²) in [6, 6.07) is 18.6. The van der Waals surface area contributed by atoms with Gasteiger partial charge < -0.3 is 4.74 Å². The van der Waals surface area contributed by atoms with E-state index in [0.29, 0.717) is 0 Å². The molecule has 1 heteroatoms. The highest BCUT2D eigenvalue weighted by Gasteiger charge is 2.18. The molecule has 1 unspecified atom stereocenters. The summed E-state index contributed by atoms with van der Waals surface area (Å²) < 4.78 is 6.16. The molecular formula is C17H16O. The van der Waals surface area contributed by atoms with Gasteiger partial charge in [0.25, 0.3) is 0 Å². The van der Waals surface area contributed by atoms with E-state index in [9.17, 15) is 0 Å². The lowest BCUT2D eigenvalue weighted by Crippen LogP contribution is -2.07. The summed E-state index contributed by atoms with van der Waals surface area (Å²) in [6.45, 7) is 2.17. The number of fused-ring (bicyclic) bond motifs is 1. The van der Waals surface area contributed by atoms with Crippen molar-refractivity contribution in [1.82, 2.24) is 0 Å². The van der Waals surface area contributed by atoms with E-state index in [-0.39, 0.29) is 6.10 Å². The fourth-order valence-electron chi connectivity index (χ4n) is 2.37. The van der Waals surface area contributed by atoms with Gasteiger partial charge in [-0.25, -0.2) is 0 Å². The Labute approximate surface area is 108 Å². The lowest BCUT2D eigenvalue weighted by molar-refractivity contribution is 0.208. The molecule has 1 atom stereocenters. The van der Waals surface area contributed by atoms with Crippen molar-refractivity contribution in [2.45, 2.75) is 19.4 Å². The molecule has 0 amide bonds. The van der Waals surface area contributed by atoms with E-state index in [4.69, 9.17) is 4.74 Å². The Balaban J connectivity index is 2.00. The van der Waals surface area contributed by atoms with Crippen LogP contribution in [0.2, 0.25) is 0 Å². The molecule has 0 N–H and O–H groups in total. The largest absolute Gasteiger partial charge is 0.485 e. The molecule has 2 aromatic carbocycles. The molecule has 18 heavy (non-hydrogen) atoms. The predicted octanol–water partition coefficient (Wildman–Crippen LogP) is 4.61. The summed E-state index contributed by atoms with van der Waals surface area (Å²) in [5.41, 5.74) is 3.77. The average Bonchev–Trinajstić information content (AvgIpc) is 2.57. The summed E-state index contributed by atoms with van der Waals surface area (Å²) in [4.78, 5) is 0. The zero-order valence-electron chi connectivity index (χ0n) is 10.5. The highest BCUT2D eigenvalue weighted by molar-refractivity contribution is 5.60. The van der Waals surface area contributed by atoms with Crippen LogP contribution in [0.1, 0.15) is 30.6 Å². The van der Waals surface area contributed by atoms with Gasteiger partial charge in [-0.1, -0.05) is 60.2 Å². The molecule has 90 valence electrons. The van der Waals surface area contributed by atoms with Crippen LogP contribution in [0.5, 0.6) is 5.75 Å². The first-order valence-electron chi connectivity index (χ1n) is 6.31. The Morgan fingerprint density at radius 2 is 1.67 bits per heavy atom. The molecule has 0 aliphatic carbocycles. The van der Waals surface area contributed by atoms with E-state index in [1.807, 2.05) is 18.2 Å². The van der Waals surface area contributed by atoms with E-state index >= 15 is 0 Å². The fourth-order valence-corrected chi connectivity index (χ4v) is 2.37. The maximum absolute atomic E-state index is 6.16. The maximum atomic E-state index is 6.16. The minimum atomic E-state index is 0.117. The second kappa shape index (κ2) is 4.69. The second-order valence-corrected chi connectivity index (χ2v) is 4.75. The van der Waals surface area contributed by atoms with Crippen molar-refractivity contribution in [2.24, 2.45) is 0 Å². The Morgan fingerprint density at radius 3 is 2.50 bits per heavy atom. The van der Waals surface area contributed by atoms with Crippen LogP contribution in [0.25, 0.3) is 6.08 Å². The smallest absolute Gasteiger partial charge is 0.127 e. The van der Waals surface area contributed by atoms with Crippen molar-refractivity contribution in [1.29, 1.82) is 0 Å². The Kier molecular flexibility index (Phi) is 2.89. The van der Waals surface area contributed by atoms with Crippen molar-refractivity contribution < 1.29 is 4.74 Å². The van der Waals surface area contributed by atoms with Crippen LogP contribution in [0.15, 0.2) is 60.2 Å². The molecule has 0 fully saturated rings. The zero-order valence-corrected chi connectivity index (χ0v) is 10.5. The van der Waals surface area contributed by atoms with Crippen LogP contribution in [0, 0.1) is 0 Å². The average molecular weight is 236 g/mol. The number of para-hydroxylation sites is 1. The first-order valence-corrected chi connectivity index (χ1v) is 6.31. The van der Waals surface area contributed by atoms with Crippen molar-refractivity contribution in [2.75, 3.05) is 0 Å². The molecule has 0 saturated heterocycles. The van der Waals surface area contributed by atoms with Gasteiger partial charge in [-0.15, -0.1) is 0 Å². The van der Waals surface area contributed by atoms with Gasteiger partial charge in [-0.2, -0.15) is 0 Å². The summed E-state index contributed by atoms with van der Waals surface area (Å²) in [5.74, 6) is 0.975. The van der Waals surface area contributed by atoms with Crippen molar-refractivity contribution in [3.63, 3.8) is 0 Å². The van der Waals surface area contributed by atoms with Gasteiger partial charge >= 0.3 is 0 Å². The molecule has 0 spiro atoms. The fraction of sp³-hybridized carbons (Fsp3) is 0.176. The highest BCUT2D eigenvalue weighted by Crippen LogP contribution is 2.34. The summed E-state index contributed by atoms with van der Waals surface area (Å²) in [5, 5.41) is 0. The first kappa shape index (κ1) is 11.1. The van der Waals surface area contributed by atoms with Crippen molar-refractivity contribution in [3.05, 3.63) is 71.3 Å². The van der Waals surface area contributed by atoms with Crippen LogP contribution >= 0.6 is 0 Å². The molecular weight excluding hydrogens is 220 g/mol. The molecule has 1 aliphatic heterocycles.